The molecule has 0 radical (unpaired) electrons. The van der Waals surface area contributed by atoms with E-state index < -0.39 is 33.9 Å². The Labute approximate surface area is 114 Å². The molecule has 1 N–H and O–H groups in total. The largest absolute Gasteiger partial charge is 0.478 e. The molecular formula is C11H6F3N3O4. The maximum atomic E-state index is 12.8. The van der Waals surface area contributed by atoms with Gasteiger partial charge in [0.15, 0.2) is 0 Å². The Kier molecular flexibility index (Phi) is 3.37. The van der Waals surface area contributed by atoms with E-state index in [1.54, 1.807) is 0 Å². The van der Waals surface area contributed by atoms with Gasteiger partial charge in [0.1, 0.15) is 11.9 Å². The molecule has 110 valence electrons. The summed E-state index contributed by atoms with van der Waals surface area (Å²) in [6.45, 7) is 0. The summed E-state index contributed by atoms with van der Waals surface area (Å²) in [5.41, 5.74) is -3.14. The summed E-state index contributed by atoms with van der Waals surface area (Å²) in [5, 5.41) is 19.6. The number of carboxylic acids is 1. The van der Waals surface area contributed by atoms with Crippen molar-refractivity contribution in [1.29, 1.82) is 0 Å². The zero-order chi connectivity index (χ0) is 15.8. The van der Waals surface area contributed by atoms with Gasteiger partial charge >= 0.3 is 17.8 Å². The molecule has 0 saturated carbocycles. The molecule has 0 bridgehead atoms. The van der Waals surface area contributed by atoms with Crippen molar-refractivity contribution in [2.45, 2.75) is 6.18 Å². The highest BCUT2D eigenvalue weighted by atomic mass is 19.4. The first-order valence-corrected chi connectivity index (χ1v) is 5.33. The Balaban J connectivity index is 2.67. The van der Waals surface area contributed by atoms with Crippen LogP contribution in [0.1, 0.15) is 15.9 Å². The van der Waals surface area contributed by atoms with Crippen molar-refractivity contribution in [3.05, 3.63) is 52.1 Å². The predicted molar refractivity (Wildman–Crippen MR) is 62.2 cm³/mol. The molecule has 0 amide bonds. The van der Waals surface area contributed by atoms with E-state index in [-0.39, 0.29) is 5.69 Å². The molecule has 10 heteroatoms. The molecule has 0 saturated heterocycles. The van der Waals surface area contributed by atoms with E-state index in [2.05, 4.69) is 4.98 Å². The smallest absolute Gasteiger partial charge is 0.418 e. The second kappa shape index (κ2) is 4.89. The molecule has 0 aliphatic heterocycles. The number of hydrogen-bond donors (Lipinski definition) is 1. The first kappa shape index (κ1) is 14.5. The van der Waals surface area contributed by atoms with E-state index in [9.17, 15) is 28.1 Å². The van der Waals surface area contributed by atoms with Gasteiger partial charge in [-0.1, -0.05) is 0 Å². The molecule has 0 spiro atoms. The lowest BCUT2D eigenvalue weighted by Gasteiger charge is -2.04. The molecule has 0 aromatic carbocycles. The summed E-state index contributed by atoms with van der Waals surface area (Å²) in [4.78, 5) is 24.4. The number of carboxylic acid groups (broad SMARTS) is 1. The van der Waals surface area contributed by atoms with Crippen LogP contribution in [0.15, 0.2) is 30.9 Å². The zero-order valence-electron chi connectivity index (χ0n) is 10.0. The minimum absolute atomic E-state index is 0.215. The molecule has 0 fully saturated rings. The van der Waals surface area contributed by atoms with Crippen LogP contribution < -0.4 is 0 Å². The molecule has 2 aromatic rings. The molecule has 21 heavy (non-hydrogen) atoms. The molecule has 0 atom stereocenters. The number of aromatic nitrogens is 2. The van der Waals surface area contributed by atoms with Crippen LogP contribution in [0.3, 0.4) is 0 Å². The molecule has 0 unspecified atom stereocenters. The van der Waals surface area contributed by atoms with Gasteiger partial charge in [-0.2, -0.15) is 13.2 Å². The Morgan fingerprint density at radius 3 is 2.52 bits per heavy atom. The molecular weight excluding hydrogens is 295 g/mol. The van der Waals surface area contributed by atoms with Gasteiger partial charge in [-0.15, -0.1) is 0 Å². The number of halogens is 3. The third-order valence-electron chi connectivity index (χ3n) is 2.61. The Morgan fingerprint density at radius 2 is 2.05 bits per heavy atom. The van der Waals surface area contributed by atoms with E-state index in [4.69, 9.17) is 5.11 Å². The highest BCUT2D eigenvalue weighted by Crippen LogP contribution is 2.34. The fourth-order valence-electron chi connectivity index (χ4n) is 1.73. The summed E-state index contributed by atoms with van der Waals surface area (Å²) < 4.78 is 39.1. The standard InChI is InChI=1S/C11H6F3N3O4/c12-11(13,14)7-5-16(4-6(7)10(18)19)8-1-2-15-3-9(8)17(20)21/h1-5H,(H,18,19). The summed E-state index contributed by atoms with van der Waals surface area (Å²) in [6, 6.07) is 1.11. The van der Waals surface area contributed by atoms with Crippen LogP contribution in [0.2, 0.25) is 0 Å². The number of aromatic carboxylic acids is 1. The highest BCUT2D eigenvalue weighted by molar-refractivity contribution is 5.89. The van der Waals surface area contributed by atoms with Crippen LogP contribution in [-0.4, -0.2) is 25.6 Å². The van der Waals surface area contributed by atoms with E-state index in [0.717, 1.165) is 23.0 Å². The Morgan fingerprint density at radius 1 is 1.38 bits per heavy atom. The third-order valence-corrected chi connectivity index (χ3v) is 2.61. The summed E-state index contributed by atoms with van der Waals surface area (Å²) in [5.74, 6) is -1.78. The number of nitro groups is 1. The van der Waals surface area contributed by atoms with Crippen LogP contribution in [0.5, 0.6) is 0 Å². The van der Waals surface area contributed by atoms with Gasteiger partial charge in [-0.3, -0.25) is 15.1 Å². The van der Waals surface area contributed by atoms with E-state index in [0.29, 0.717) is 12.4 Å². The number of nitrogens with zero attached hydrogens (tertiary/aromatic N) is 3. The number of hydrogen-bond acceptors (Lipinski definition) is 4. The first-order chi connectivity index (χ1) is 9.71. The van der Waals surface area contributed by atoms with Crippen LogP contribution in [0.4, 0.5) is 18.9 Å². The van der Waals surface area contributed by atoms with Gasteiger partial charge < -0.3 is 9.67 Å². The fraction of sp³-hybridized carbons (Fsp3) is 0.0909. The molecule has 2 aromatic heterocycles. The van der Waals surface area contributed by atoms with Crippen molar-refractivity contribution in [3.8, 4) is 5.69 Å². The minimum atomic E-state index is -4.89. The van der Waals surface area contributed by atoms with Gasteiger partial charge in [-0.25, -0.2) is 4.79 Å². The van der Waals surface area contributed by atoms with Gasteiger partial charge in [0.25, 0.3) is 0 Å². The van der Waals surface area contributed by atoms with Crippen molar-refractivity contribution in [3.63, 3.8) is 0 Å². The maximum absolute atomic E-state index is 12.8. The van der Waals surface area contributed by atoms with Gasteiger partial charge in [0, 0.05) is 18.6 Å². The predicted octanol–water partition coefficient (Wildman–Crippen LogP) is 2.50. The minimum Gasteiger partial charge on any atom is -0.478 e. The van der Waals surface area contributed by atoms with Gasteiger partial charge in [0.05, 0.1) is 16.1 Å². The quantitative estimate of drug-likeness (QED) is 0.693. The topological polar surface area (TPSA) is 98.3 Å². The number of alkyl halides is 3. The van der Waals surface area contributed by atoms with Crippen LogP contribution in [-0.2, 0) is 6.18 Å². The van der Waals surface area contributed by atoms with E-state index in [1.165, 1.54) is 0 Å². The van der Waals surface area contributed by atoms with Crippen molar-refractivity contribution >= 4 is 11.7 Å². The summed E-state index contributed by atoms with van der Waals surface area (Å²) >= 11 is 0. The van der Waals surface area contributed by atoms with Crippen LogP contribution in [0, 0.1) is 10.1 Å². The lowest BCUT2D eigenvalue weighted by atomic mass is 10.2. The highest BCUT2D eigenvalue weighted by Gasteiger charge is 2.37. The average molecular weight is 301 g/mol. The van der Waals surface area contributed by atoms with Gasteiger partial charge in [0.2, 0.25) is 0 Å². The molecule has 0 aliphatic rings. The lowest BCUT2D eigenvalue weighted by molar-refractivity contribution is -0.384. The normalized spacial score (nSPS) is 11.4. The molecule has 7 nitrogen and oxygen atoms in total. The number of rotatable bonds is 3. The first-order valence-electron chi connectivity index (χ1n) is 5.33. The summed E-state index contributed by atoms with van der Waals surface area (Å²) in [6.07, 6.45) is -1.71. The van der Waals surface area contributed by atoms with E-state index in [1.807, 2.05) is 0 Å². The number of pyridine rings is 1. The van der Waals surface area contributed by atoms with Crippen molar-refractivity contribution in [2.75, 3.05) is 0 Å². The SMILES string of the molecule is O=C(O)c1cn(-c2ccncc2[N+](=O)[O-])cc1C(F)(F)F. The molecule has 0 aliphatic carbocycles. The van der Waals surface area contributed by atoms with Crippen molar-refractivity contribution in [2.24, 2.45) is 0 Å². The fourth-order valence-corrected chi connectivity index (χ4v) is 1.73. The van der Waals surface area contributed by atoms with Crippen LogP contribution >= 0.6 is 0 Å². The Hall–Kier alpha value is -2.91. The summed E-state index contributed by atoms with van der Waals surface area (Å²) in [7, 11) is 0. The monoisotopic (exact) mass is 301 g/mol. The van der Waals surface area contributed by atoms with Crippen molar-refractivity contribution < 1.29 is 28.0 Å². The second-order valence-corrected chi connectivity index (χ2v) is 3.92. The maximum Gasteiger partial charge on any atom is 0.418 e. The van der Waals surface area contributed by atoms with Crippen molar-refractivity contribution in [1.82, 2.24) is 9.55 Å². The lowest BCUT2D eigenvalue weighted by Crippen LogP contribution is -2.09. The van der Waals surface area contributed by atoms with Crippen LogP contribution in [0.25, 0.3) is 5.69 Å². The zero-order valence-corrected chi connectivity index (χ0v) is 10.0. The third kappa shape index (κ3) is 2.68. The molecule has 2 rings (SSSR count). The Bertz CT molecular complexity index is 724. The van der Waals surface area contributed by atoms with Gasteiger partial charge in [-0.05, 0) is 6.07 Å². The number of carbonyl (C=O) groups is 1. The molecule has 2 heterocycles. The van der Waals surface area contributed by atoms with E-state index >= 15 is 0 Å². The average Bonchev–Trinajstić information content (AvgIpc) is 2.83. The second-order valence-electron chi connectivity index (χ2n) is 3.92.